The van der Waals surface area contributed by atoms with Crippen molar-refractivity contribution in [2.45, 2.75) is 96.3 Å². The van der Waals surface area contributed by atoms with Gasteiger partial charge < -0.3 is 20.7 Å². The van der Waals surface area contributed by atoms with E-state index in [-0.39, 0.29) is 16.2 Å². The number of ether oxygens (including phenoxy) is 1. The molecule has 268 valence electrons. The van der Waals surface area contributed by atoms with Crippen molar-refractivity contribution in [2.75, 3.05) is 37.6 Å². The Balaban J connectivity index is 1.36. The molecule has 0 saturated heterocycles. The molecule has 50 heavy (non-hydrogen) atoms. The zero-order valence-electron chi connectivity index (χ0n) is 30.3. The fourth-order valence-corrected chi connectivity index (χ4v) is 8.37. The van der Waals surface area contributed by atoms with Crippen LogP contribution in [0.1, 0.15) is 95.4 Å². The SMILES string of the molecule is CC(C)(C)C1=C/C(=C\C=C\C2=[N+](CCCCCC(=O)NCCN)c3ccc(S(=O)(=O)O)cc3C2(C)C)c2cc3c4c(c2O1)CCCN4CCC3. The summed E-state index contributed by atoms with van der Waals surface area (Å²) in [7, 11) is -4.36. The van der Waals surface area contributed by atoms with E-state index in [1.165, 1.54) is 29.3 Å². The molecular formula is C40H53N4O5S+. The minimum Gasteiger partial charge on any atom is -0.460 e. The summed E-state index contributed by atoms with van der Waals surface area (Å²) in [5, 5.41) is 2.83. The fraction of sp³-hybridized carbons (Fsp3) is 0.500. The van der Waals surface area contributed by atoms with E-state index in [9.17, 15) is 17.8 Å². The second kappa shape index (κ2) is 14.1. The maximum Gasteiger partial charge on any atom is 0.294 e. The second-order valence-electron chi connectivity index (χ2n) is 15.5. The van der Waals surface area contributed by atoms with Gasteiger partial charge in [-0.15, -0.1) is 0 Å². The number of carbonyl (C=O) groups is 1. The average Bonchev–Trinajstić information content (AvgIpc) is 3.27. The first-order valence-corrected chi connectivity index (χ1v) is 19.6. The highest BCUT2D eigenvalue weighted by molar-refractivity contribution is 7.85. The molecule has 4 heterocycles. The number of nitrogens with one attached hydrogen (secondary N) is 1. The third-order valence-corrected chi connectivity index (χ3v) is 11.3. The number of hydrogen-bond acceptors (Lipinski definition) is 6. The van der Waals surface area contributed by atoms with Gasteiger partial charge in [-0.25, -0.2) is 0 Å². The smallest absolute Gasteiger partial charge is 0.294 e. The molecule has 4 aliphatic rings. The van der Waals surface area contributed by atoms with Crippen LogP contribution in [0.5, 0.6) is 5.75 Å². The molecule has 0 aromatic heterocycles. The number of carbonyl (C=O) groups excluding carboxylic acids is 1. The number of aryl methyl sites for hydroxylation is 1. The van der Waals surface area contributed by atoms with Gasteiger partial charge in [-0.2, -0.15) is 13.0 Å². The van der Waals surface area contributed by atoms with Gasteiger partial charge in [0, 0.05) is 79.0 Å². The molecule has 0 saturated carbocycles. The van der Waals surface area contributed by atoms with Gasteiger partial charge in [0.05, 0.1) is 10.3 Å². The van der Waals surface area contributed by atoms with Gasteiger partial charge in [-0.1, -0.05) is 32.9 Å². The Kier molecular flexibility index (Phi) is 10.2. The number of allylic oxidation sites excluding steroid dienone is 6. The number of hydrogen-bond donors (Lipinski definition) is 3. The van der Waals surface area contributed by atoms with Gasteiger partial charge in [-0.05, 0) is 87.8 Å². The van der Waals surface area contributed by atoms with Crippen LogP contribution in [-0.4, -0.2) is 61.9 Å². The number of benzene rings is 2. The van der Waals surface area contributed by atoms with Crippen molar-refractivity contribution >= 4 is 38.7 Å². The Labute approximate surface area is 297 Å². The van der Waals surface area contributed by atoms with Crippen LogP contribution in [0.25, 0.3) is 5.57 Å². The van der Waals surface area contributed by atoms with Crippen LogP contribution < -0.4 is 20.7 Å². The van der Waals surface area contributed by atoms with Gasteiger partial charge in [-0.3, -0.25) is 9.35 Å². The third-order valence-electron chi connectivity index (χ3n) is 10.5. The molecule has 2 aromatic rings. The van der Waals surface area contributed by atoms with Gasteiger partial charge in [0.1, 0.15) is 18.1 Å². The fourth-order valence-electron chi connectivity index (χ4n) is 7.86. The minimum absolute atomic E-state index is 0.0181. The molecule has 0 bridgehead atoms. The van der Waals surface area contributed by atoms with E-state index in [0.717, 1.165) is 91.2 Å². The van der Waals surface area contributed by atoms with Gasteiger partial charge in [0.2, 0.25) is 11.6 Å². The van der Waals surface area contributed by atoms with Crippen molar-refractivity contribution < 1.29 is 27.1 Å². The predicted octanol–water partition coefficient (Wildman–Crippen LogP) is 6.61. The number of rotatable bonds is 11. The summed E-state index contributed by atoms with van der Waals surface area (Å²) >= 11 is 0. The highest BCUT2D eigenvalue weighted by Gasteiger charge is 2.45. The standard InChI is InChI=1S/C40H52N4O5S/c1-39(2,3)35-25-27(31-24-28-13-10-21-43-22-11-14-30(37(28)43)38(31)49-35)12-9-15-34-40(4,5)32-26-29(50(46,47)48)17-18-33(32)44(34)23-8-6-7-16-36(45)42-20-19-41/h9,12,15,17-18,24-26H,6-8,10-11,13-14,16,19-23,41H2,1-5H3,(H-,42,45,46,47,48)/p+1. The summed E-state index contributed by atoms with van der Waals surface area (Å²) in [6.45, 7) is 14.6. The van der Waals surface area contributed by atoms with E-state index < -0.39 is 15.5 Å². The van der Waals surface area contributed by atoms with Crippen LogP contribution in [0.15, 0.2) is 59.2 Å². The summed E-state index contributed by atoms with van der Waals surface area (Å²) in [5.74, 6) is 1.97. The molecule has 0 radical (unpaired) electrons. The highest BCUT2D eigenvalue weighted by Crippen LogP contribution is 2.49. The van der Waals surface area contributed by atoms with Crippen LogP contribution in [-0.2, 0) is 33.2 Å². The minimum atomic E-state index is -4.36. The molecular weight excluding hydrogens is 649 g/mol. The highest BCUT2D eigenvalue weighted by atomic mass is 32.2. The zero-order chi connectivity index (χ0) is 35.8. The largest absolute Gasteiger partial charge is 0.460 e. The van der Waals surface area contributed by atoms with E-state index in [1.807, 2.05) is 0 Å². The van der Waals surface area contributed by atoms with E-state index in [0.29, 0.717) is 26.1 Å². The molecule has 9 nitrogen and oxygen atoms in total. The lowest BCUT2D eigenvalue weighted by atomic mass is 9.81. The van der Waals surface area contributed by atoms with Gasteiger partial charge in [0.15, 0.2) is 5.71 Å². The van der Waals surface area contributed by atoms with Gasteiger partial charge >= 0.3 is 0 Å². The van der Waals surface area contributed by atoms with Crippen molar-refractivity contribution in [1.29, 1.82) is 0 Å². The lowest BCUT2D eigenvalue weighted by Crippen LogP contribution is -2.35. The topological polar surface area (TPSA) is 125 Å². The zero-order valence-corrected chi connectivity index (χ0v) is 31.1. The number of nitrogens with zero attached hydrogens (tertiary/aromatic N) is 2. The first kappa shape index (κ1) is 36.1. The molecule has 0 aliphatic carbocycles. The number of anilines is 1. The van der Waals surface area contributed by atoms with E-state index in [2.05, 4.69) is 79.8 Å². The first-order chi connectivity index (χ1) is 23.7. The Morgan fingerprint density at radius 2 is 1.88 bits per heavy atom. The Hall–Kier alpha value is -3.73. The maximum absolute atomic E-state index is 12.1. The molecule has 0 spiro atoms. The van der Waals surface area contributed by atoms with Crippen molar-refractivity contribution in [3.63, 3.8) is 0 Å². The molecule has 0 unspecified atom stereocenters. The Morgan fingerprint density at radius 1 is 1.12 bits per heavy atom. The molecule has 10 heteroatoms. The summed E-state index contributed by atoms with van der Waals surface area (Å²) in [5.41, 5.74) is 14.0. The molecule has 2 aromatic carbocycles. The molecule has 4 N–H and O–H groups in total. The molecule has 0 fully saturated rings. The number of fused-ring (bicyclic) bond motifs is 3. The van der Waals surface area contributed by atoms with Crippen molar-refractivity contribution in [1.82, 2.24) is 5.32 Å². The van der Waals surface area contributed by atoms with E-state index >= 15 is 0 Å². The summed E-state index contributed by atoms with van der Waals surface area (Å²) in [6, 6.07) is 7.22. The summed E-state index contributed by atoms with van der Waals surface area (Å²) in [4.78, 5) is 14.5. The second-order valence-corrected chi connectivity index (χ2v) is 17.0. The lowest BCUT2D eigenvalue weighted by molar-refractivity contribution is -0.438. The third kappa shape index (κ3) is 7.20. The first-order valence-electron chi connectivity index (χ1n) is 18.2. The molecule has 1 amide bonds. The van der Waals surface area contributed by atoms with Crippen molar-refractivity contribution in [3.05, 3.63) is 76.6 Å². The predicted molar refractivity (Wildman–Crippen MR) is 200 cm³/mol. The van der Waals surface area contributed by atoms with Crippen molar-refractivity contribution in [3.8, 4) is 5.75 Å². The van der Waals surface area contributed by atoms with Crippen LogP contribution in [0, 0.1) is 5.41 Å². The Morgan fingerprint density at radius 3 is 2.60 bits per heavy atom. The van der Waals surface area contributed by atoms with Crippen LogP contribution in [0.3, 0.4) is 0 Å². The maximum atomic E-state index is 12.1. The number of nitrogens with two attached hydrogens (primary N) is 1. The number of unbranched alkanes of at least 4 members (excludes halogenated alkanes) is 2. The molecule has 4 aliphatic heterocycles. The molecule has 0 atom stereocenters. The van der Waals surface area contributed by atoms with Crippen LogP contribution >= 0.6 is 0 Å². The summed E-state index contributed by atoms with van der Waals surface area (Å²) in [6.07, 6.45) is 16.0. The van der Waals surface area contributed by atoms with Crippen LogP contribution in [0.2, 0.25) is 0 Å². The van der Waals surface area contributed by atoms with Crippen molar-refractivity contribution in [2.24, 2.45) is 11.1 Å². The monoisotopic (exact) mass is 701 g/mol. The quantitative estimate of drug-likeness (QED) is 0.137. The van der Waals surface area contributed by atoms with Crippen LogP contribution in [0.4, 0.5) is 11.4 Å². The van der Waals surface area contributed by atoms with E-state index in [4.69, 9.17) is 10.5 Å². The van der Waals surface area contributed by atoms with E-state index in [1.54, 1.807) is 12.1 Å². The lowest BCUT2D eigenvalue weighted by Gasteiger charge is -2.40. The summed E-state index contributed by atoms with van der Waals surface area (Å²) < 4.78 is 43.1. The normalized spacial score (nSPS) is 18.9. The van der Waals surface area contributed by atoms with Gasteiger partial charge in [0.25, 0.3) is 10.1 Å². The number of amides is 1. The Bertz CT molecular complexity index is 1910. The average molecular weight is 702 g/mol. The molecule has 6 rings (SSSR count).